The van der Waals surface area contributed by atoms with Gasteiger partial charge in [-0.05, 0) is 35.9 Å². The van der Waals surface area contributed by atoms with E-state index in [1.165, 1.54) is 0 Å². The van der Waals surface area contributed by atoms with E-state index in [0.29, 0.717) is 29.4 Å². The Labute approximate surface area is 157 Å². The number of nitrogens with one attached hydrogen (secondary N) is 1. The molecular formula is C22H19NO4. The predicted octanol–water partition coefficient (Wildman–Crippen LogP) is 4.10. The fourth-order valence-corrected chi connectivity index (χ4v) is 2.96. The van der Waals surface area contributed by atoms with Gasteiger partial charge in [0.1, 0.15) is 12.4 Å². The molecule has 1 unspecified atom stereocenters. The number of benzene rings is 3. The van der Waals surface area contributed by atoms with Crippen LogP contribution in [-0.4, -0.2) is 13.0 Å². The zero-order valence-electron chi connectivity index (χ0n) is 14.8. The van der Waals surface area contributed by atoms with Crippen molar-refractivity contribution in [3.05, 3.63) is 89.5 Å². The molecule has 3 aromatic carbocycles. The minimum absolute atomic E-state index is 0.162. The molecule has 1 aliphatic heterocycles. The summed E-state index contributed by atoms with van der Waals surface area (Å²) in [5, 5.41) is 2.86. The summed E-state index contributed by atoms with van der Waals surface area (Å²) >= 11 is 0. The largest absolute Gasteiger partial charge is 0.493 e. The molecule has 0 aromatic heterocycles. The number of carbonyl (C=O) groups excluding carboxylic acids is 1. The molecule has 4 rings (SSSR count). The summed E-state index contributed by atoms with van der Waals surface area (Å²) in [6.07, 6.45) is -0.579. The quantitative estimate of drug-likeness (QED) is 0.743. The van der Waals surface area contributed by atoms with Crippen LogP contribution < -0.4 is 19.5 Å². The summed E-state index contributed by atoms with van der Waals surface area (Å²) in [6, 6.07) is 22.6. The van der Waals surface area contributed by atoms with Crippen LogP contribution in [0.5, 0.6) is 17.2 Å². The highest BCUT2D eigenvalue weighted by molar-refractivity contribution is 5.98. The number of rotatable bonds is 5. The van der Waals surface area contributed by atoms with Gasteiger partial charge in [0.2, 0.25) is 0 Å². The number of ether oxygens (including phenoxy) is 3. The van der Waals surface area contributed by atoms with Crippen molar-refractivity contribution in [1.82, 2.24) is 5.32 Å². The van der Waals surface area contributed by atoms with Gasteiger partial charge in [0.15, 0.2) is 17.7 Å². The lowest BCUT2D eigenvalue weighted by atomic mass is 10.1. The van der Waals surface area contributed by atoms with Crippen LogP contribution in [0.2, 0.25) is 0 Å². The topological polar surface area (TPSA) is 56.8 Å². The molecule has 1 atom stereocenters. The Balaban J connectivity index is 1.54. The van der Waals surface area contributed by atoms with Gasteiger partial charge >= 0.3 is 0 Å². The van der Waals surface area contributed by atoms with Crippen molar-refractivity contribution in [3.63, 3.8) is 0 Å². The smallest absolute Gasteiger partial charge is 0.258 e. The zero-order chi connectivity index (χ0) is 18.6. The molecule has 5 heteroatoms. The number of carbonyl (C=O) groups is 1. The maximum Gasteiger partial charge on any atom is 0.258 e. The van der Waals surface area contributed by atoms with Gasteiger partial charge in [0.05, 0.1) is 12.7 Å². The van der Waals surface area contributed by atoms with Gasteiger partial charge in [-0.1, -0.05) is 42.5 Å². The second-order valence-electron chi connectivity index (χ2n) is 6.15. The first kappa shape index (κ1) is 17.0. The average molecular weight is 361 g/mol. The molecule has 0 saturated heterocycles. The first-order valence-electron chi connectivity index (χ1n) is 8.66. The minimum Gasteiger partial charge on any atom is -0.493 e. The molecule has 1 aliphatic rings. The predicted molar refractivity (Wildman–Crippen MR) is 101 cm³/mol. The van der Waals surface area contributed by atoms with Crippen LogP contribution in [0, 0.1) is 0 Å². The van der Waals surface area contributed by atoms with Crippen molar-refractivity contribution in [3.8, 4) is 17.2 Å². The van der Waals surface area contributed by atoms with Gasteiger partial charge in [0.25, 0.3) is 5.91 Å². The highest BCUT2D eigenvalue weighted by Gasteiger charge is 2.26. The number of hydrogen-bond donors (Lipinski definition) is 1. The van der Waals surface area contributed by atoms with E-state index in [0.717, 1.165) is 11.1 Å². The molecule has 0 fully saturated rings. The van der Waals surface area contributed by atoms with Crippen molar-refractivity contribution in [1.29, 1.82) is 0 Å². The third kappa shape index (κ3) is 3.58. The Morgan fingerprint density at radius 1 is 0.963 bits per heavy atom. The fraction of sp³-hybridized carbons (Fsp3) is 0.136. The number of amides is 1. The van der Waals surface area contributed by atoms with Gasteiger partial charge in [0, 0.05) is 5.56 Å². The molecule has 27 heavy (non-hydrogen) atoms. The Morgan fingerprint density at radius 2 is 1.74 bits per heavy atom. The second kappa shape index (κ2) is 7.41. The van der Waals surface area contributed by atoms with E-state index in [1.807, 2.05) is 60.7 Å². The second-order valence-corrected chi connectivity index (χ2v) is 6.15. The molecule has 1 N–H and O–H groups in total. The highest BCUT2D eigenvalue weighted by Crippen LogP contribution is 2.34. The Bertz CT molecular complexity index is 956. The number of methoxy groups -OCH3 is 1. The molecule has 1 amide bonds. The Kier molecular flexibility index (Phi) is 4.66. The molecule has 0 bridgehead atoms. The maximum absolute atomic E-state index is 12.3. The third-order valence-corrected chi connectivity index (χ3v) is 4.37. The van der Waals surface area contributed by atoms with Crippen LogP contribution in [0.3, 0.4) is 0 Å². The first-order valence-corrected chi connectivity index (χ1v) is 8.66. The van der Waals surface area contributed by atoms with E-state index in [1.54, 1.807) is 19.2 Å². The highest BCUT2D eigenvalue weighted by atomic mass is 16.5. The van der Waals surface area contributed by atoms with Crippen LogP contribution in [0.15, 0.2) is 72.8 Å². The van der Waals surface area contributed by atoms with Gasteiger partial charge in [-0.25, -0.2) is 0 Å². The van der Waals surface area contributed by atoms with Crippen LogP contribution in [0.1, 0.15) is 27.7 Å². The number of para-hydroxylation sites is 1. The molecule has 0 aliphatic carbocycles. The van der Waals surface area contributed by atoms with Crippen LogP contribution in [0.25, 0.3) is 0 Å². The fourth-order valence-electron chi connectivity index (χ4n) is 2.96. The van der Waals surface area contributed by atoms with Crippen LogP contribution in [-0.2, 0) is 6.61 Å². The van der Waals surface area contributed by atoms with E-state index >= 15 is 0 Å². The molecule has 3 aromatic rings. The number of fused-ring (bicyclic) bond motifs is 1. The lowest BCUT2D eigenvalue weighted by Crippen LogP contribution is -2.36. The van der Waals surface area contributed by atoms with E-state index in [9.17, 15) is 4.79 Å². The van der Waals surface area contributed by atoms with Crippen molar-refractivity contribution in [2.24, 2.45) is 0 Å². The van der Waals surface area contributed by atoms with E-state index in [-0.39, 0.29) is 5.91 Å². The Morgan fingerprint density at radius 3 is 2.56 bits per heavy atom. The lowest BCUT2D eigenvalue weighted by molar-refractivity contribution is 0.0755. The number of hydrogen-bond acceptors (Lipinski definition) is 4. The van der Waals surface area contributed by atoms with E-state index < -0.39 is 6.23 Å². The molecule has 0 saturated carbocycles. The summed E-state index contributed by atoms with van der Waals surface area (Å²) in [4.78, 5) is 12.3. The van der Waals surface area contributed by atoms with Crippen molar-refractivity contribution < 1.29 is 19.0 Å². The third-order valence-electron chi connectivity index (χ3n) is 4.37. The van der Waals surface area contributed by atoms with Gasteiger partial charge in [-0.15, -0.1) is 0 Å². The molecule has 5 nitrogen and oxygen atoms in total. The van der Waals surface area contributed by atoms with Crippen molar-refractivity contribution >= 4 is 5.91 Å². The standard InChI is InChI=1S/C22H19NO4/c1-25-20-13-16(11-12-19(20)26-14-15-7-3-2-4-8-15)22-23-21(24)17-9-5-6-10-18(17)27-22/h2-13,22H,14H2,1H3,(H,23,24). The molecular weight excluding hydrogens is 342 g/mol. The van der Waals surface area contributed by atoms with Crippen LogP contribution >= 0.6 is 0 Å². The first-order chi connectivity index (χ1) is 13.2. The zero-order valence-corrected chi connectivity index (χ0v) is 14.8. The Hall–Kier alpha value is -3.47. The molecule has 0 spiro atoms. The van der Waals surface area contributed by atoms with Gasteiger partial charge < -0.3 is 19.5 Å². The summed E-state index contributed by atoms with van der Waals surface area (Å²) in [5.74, 6) is 1.62. The monoisotopic (exact) mass is 361 g/mol. The molecule has 0 radical (unpaired) electrons. The van der Waals surface area contributed by atoms with Gasteiger partial charge in [-0.2, -0.15) is 0 Å². The summed E-state index contributed by atoms with van der Waals surface area (Å²) < 4.78 is 17.3. The normalized spacial score (nSPS) is 15.3. The van der Waals surface area contributed by atoms with Crippen molar-refractivity contribution in [2.45, 2.75) is 12.8 Å². The molecule has 1 heterocycles. The summed E-state index contributed by atoms with van der Waals surface area (Å²) in [7, 11) is 1.59. The van der Waals surface area contributed by atoms with Crippen LogP contribution in [0.4, 0.5) is 0 Å². The summed E-state index contributed by atoms with van der Waals surface area (Å²) in [5.41, 5.74) is 2.38. The van der Waals surface area contributed by atoms with E-state index in [4.69, 9.17) is 14.2 Å². The average Bonchev–Trinajstić information content (AvgIpc) is 2.73. The van der Waals surface area contributed by atoms with Crippen molar-refractivity contribution in [2.75, 3.05) is 7.11 Å². The molecule has 136 valence electrons. The van der Waals surface area contributed by atoms with Gasteiger partial charge in [-0.3, -0.25) is 4.79 Å². The lowest BCUT2D eigenvalue weighted by Gasteiger charge is -2.27. The summed E-state index contributed by atoms with van der Waals surface area (Å²) in [6.45, 7) is 0.445. The van der Waals surface area contributed by atoms with E-state index in [2.05, 4.69) is 5.32 Å². The SMILES string of the molecule is COc1cc(C2NC(=O)c3ccccc3O2)ccc1OCc1ccccc1. The maximum atomic E-state index is 12.3. The minimum atomic E-state index is -0.579.